The molecule has 0 saturated heterocycles. The molecule has 0 aliphatic rings. The van der Waals surface area contributed by atoms with Crippen LogP contribution in [0.3, 0.4) is 0 Å². The lowest BCUT2D eigenvalue weighted by Crippen LogP contribution is -2.24. The molecule has 24 heavy (non-hydrogen) atoms. The minimum absolute atomic E-state index is 0.0334. The molecule has 3 aromatic rings. The number of nitrogens with one attached hydrogen (secondary N) is 1. The van der Waals surface area contributed by atoms with Gasteiger partial charge in [0.15, 0.2) is 4.96 Å². The standard InChI is InChI=1S/C16H14BrN3O2S2/c17-12-3-1-2-11(6-12)8-18-14(21)10-23-9-13-7-15(22)20-4-5-24-16(20)19-13/h1-7H,8-10H2,(H,18,21). The minimum Gasteiger partial charge on any atom is -0.351 e. The first-order chi connectivity index (χ1) is 11.6. The number of aromatic nitrogens is 2. The maximum Gasteiger partial charge on any atom is 0.258 e. The predicted molar refractivity (Wildman–Crippen MR) is 101 cm³/mol. The van der Waals surface area contributed by atoms with Crippen molar-refractivity contribution in [1.29, 1.82) is 0 Å². The molecule has 5 nitrogen and oxygen atoms in total. The summed E-state index contributed by atoms with van der Waals surface area (Å²) in [5, 5.41) is 4.71. The lowest BCUT2D eigenvalue weighted by molar-refractivity contribution is -0.118. The molecule has 0 spiro atoms. The van der Waals surface area contributed by atoms with E-state index in [2.05, 4.69) is 26.2 Å². The van der Waals surface area contributed by atoms with Crippen molar-refractivity contribution in [3.8, 4) is 0 Å². The number of amides is 1. The van der Waals surface area contributed by atoms with Gasteiger partial charge < -0.3 is 5.32 Å². The van der Waals surface area contributed by atoms with Gasteiger partial charge in [-0.1, -0.05) is 28.1 Å². The van der Waals surface area contributed by atoms with Crippen molar-refractivity contribution in [3.05, 3.63) is 68.0 Å². The van der Waals surface area contributed by atoms with Crippen molar-refractivity contribution in [2.24, 2.45) is 0 Å². The van der Waals surface area contributed by atoms with Crippen molar-refractivity contribution in [3.63, 3.8) is 0 Å². The first-order valence-electron chi connectivity index (χ1n) is 7.16. The third-order valence-corrected chi connectivity index (χ3v) is 5.43. The van der Waals surface area contributed by atoms with Gasteiger partial charge in [-0.25, -0.2) is 4.98 Å². The number of carbonyl (C=O) groups is 1. The highest BCUT2D eigenvalue weighted by atomic mass is 79.9. The topological polar surface area (TPSA) is 63.5 Å². The van der Waals surface area contributed by atoms with Crippen molar-refractivity contribution in [1.82, 2.24) is 14.7 Å². The van der Waals surface area contributed by atoms with E-state index in [0.717, 1.165) is 10.0 Å². The molecule has 0 radical (unpaired) electrons. The Morgan fingerprint density at radius 3 is 3.08 bits per heavy atom. The van der Waals surface area contributed by atoms with Crippen LogP contribution in [0.4, 0.5) is 0 Å². The molecule has 1 N–H and O–H groups in total. The van der Waals surface area contributed by atoms with Crippen LogP contribution in [-0.4, -0.2) is 21.0 Å². The van der Waals surface area contributed by atoms with E-state index < -0.39 is 0 Å². The smallest absolute Gasteiger partial charge is 0.258 e. The van der Waals surface area contributed by atoms with Gasteiger partial charge in [-0.2, -0.15) is 0 Å². The van der Waals surface area contributed by atoms with Crippen LogP contribution in [0.15, 0.2) is 51.2 Å². The molecule has 0 unspecified atom stereocenters. The van der Waals surface area contributed by atoms with E-state index in [4.69, 9.17) is 0 Å². The highest BCUT2D eigenvalue weighted by Gasteiger charge is 2.06. The number of hydrogen-bond acceptors (Lipinski definition) is 5. The Balaban J connectivity index is 1.48. The van der Waals surface area contributed by atoms with E-state index in [1.54, 1.807) is 6.20 Å². The number of benzene rings is 1. The SMILES string of the molecule is O=C(CSCc1cc(=O)n2ccsc2n1)NCc1cccc(Br)c1. The number of nitrogens with zero attached hydrogens (tertiary/aromatic N) is 2. The number of hydrogen-bond donors (Lipinski definition) is 1. The van der Waals surface area contributed by atoms with Gasteiger partial charge in [0.1, 0.15) is 0 Å². The van der Waals surface area contributed by atoms with Gasteiger partial charge in [-0.3, -0.25) is 14.0 Å². The van der Waals surface area contributed by atoms with E-state index in [1.165, 1.54) is 33.6 Å². The molecule has 0 fully saturated rings. The summed E-state index contributed by atoms with van der Waals surface area (Å²) in [6.07, 6.45) is 1.71. The molecular formula is C16H14BrN3O2S2. The van der Waals surface area contributed by atoms with Crippen LogP contribution in [0.1, 0.15) is 11.3 Å². The Labute approximate surface area is 155 Å². The third-order valence-electron chi connectivity index (χ3n) is 3.22. The summed E-state index contributed by atoms with van der Waals surface area (Å²) in [6.45, 7) is 0.500. The maximum atomic E-state index is 11.9. The van der Waals surface area contributed by atoms with Crippen LogP contribution in [-0.2, 0) is 17.1 Å². The highest BCUT2D eigenvalue weighted by molar-refractivity contribution is 9.10. The summed E-state index contributed by atoms with van der Waals surface area (Å²) >= 11 is 6.27. The average Bonchev–Trinajstić information content (AvgIpc) is 3.02. The fraction of sp³-hybridized carbons (Fsp3) is 0.188. The summed E-state index contributed by atoms with van der Waals surface area (Å²) in [7, 11) is 0. The van der Waals surface area contributed by atoms with Gasteiger partial charge in [-0.05, 0) is 17.7 Å². The minimum atomic E-state index is -0.0871. The Kier molecular flexibility index (Phi) is 5.70. The van der Waals surface area contributed by atoms with E-state index in [-0.39, 0.29) is 11.5 Å². The fourth-order valence-electron chi connectivity index (χ4n) is 2.11. The van der Waals surface area contributed by atoms with Crippen molar-refractivity contribution < 1.29 is 4.79 Å². The fourth-order valence-corrected chi connectivity index (χ4v) is 4.04. The van der Waals surface area contributed by atoms with Gasteiger partial charge >= 0.3 is 0 Å². The Hall–Kier alpha value is -1.64. The maximum absolute atomic E-state index is 11.9. The lowest BCUT2D eigenvalue weighted by Gasteiger charge is -2.06. The molecule has 0 aliphatic carbocycles. The van der Waals surface area contributed by atoms with Crippen molar-refractivity contribution in [2.45, 2.75) is 12.3 Å². The summed E-state index contributed by atoms with van der Waals surface area (Å²) in [5.41, 5.74) is 1.66. The number of thiazole rings is 1. The van der Waals surface area contributed by atoms with Crippen LogP contribution in [0, 0.1) is 0 Å². The second-order valence-electron chi connectivity index (χ2n) is 5.04. The molecule has 0 aliphatic heterocycles. The van der Waals surface area contributed by atoms with E-state index in [1.807, 2.05) is 29.6 Å². The second-order valence-corrected chi connectivity index (χ2v) is 7.82. The monoisotopic (exact) mass is 423 g/mol. The molecule has 2 aromatic heterocycles. The van der Waals surface area contributed by atoms with Crippen LogP contribution in [0.25, 0.3) is 4.96 Å². The van der Waals surface area contributed by atoms with Gasteiger partial charge in [0.2, 0.25) is 5.91 Å². The average molecular weight is 424 g/mol. The second kappa shape index (κ2) is 7.96. The molecule has 2 heterocycles. The largest absolute Gasteiger partial charge is 0.351 e. The number of halogens is 1. The zero-order valence-corrected chi connectivity index (χ0v) is 15.8. The molecule has 0 atom stereocenters. The number of fused-ring (bicyclic) bond motifs is 1. The van der Waals surface area contributed by atoms with Gasteiger partial charge in [0.25, 0.3) is 5.56 Å². The van der Waals surface area contributed by atoms with Crippen LogP contribution < -0.4 is 10.9 Å². The molecule has 1 amide bonds. The van der Waals surface area contributed by atoms with Gasteiger partial charge in [0.05, 0.1) is 11.4 Å². The van der Waals surface area contributed by atoms with E-state index >= 15 is 0 Å². The van der Waals surface area contributed by atoms with Crippen LogP contribution in [0.2, 0.25) is 0 Å². The quantitative estimate of drug-likeness (QED) is 0.661. The molecule has 1 aromatic carbocycles. The first kappa shape index (κ1) is 17.2. The zero-order chi connectivity index (χ0) is 16.9. The predicted octanol–water partition coefficient (Wildman–Crippen LogP) is 3.07. The summed E-state index contributed by atoms with van der Waals surface area (Å²) in [6, 6.07) is 9.34. The number of thioether (sulfide) groups is 1. The normalized spacial score (nSPS) is 10.9. The Morgan fingerprint density at radius 2 is 2.25 bits per heavy atom. The van der Waals surface area contributed by atoms with Crippen LogP contribution >= 0.6 is 39.0 Å². The summed E-state index contributed by atoms with van der Waals surface area (Å²) in [4.78, 5) is 28.9. The number of rotatable bonds is 6. The summed E-state index contributed by atoms with van der Waals surface area (Å²) < 4.78 is 2.51. The highest BCUT2D eigenvalue weighted by Crippen LogP contribution is 2.13. The summed E-state index contributed by atoms with van der Waals surface area (Å²) in [5.74, 6) is 0.835. The lowest BCUT2D eigenvalue weighted by atomic mass is 10.2. The molecule has 124 valence electrons. The molecule has 0 saturated carbocycles. The van der Waals surface area contributed by atoms with E-state index in [9.17, 15) is 9.59 Å². The number of carbonyl (C=O) groups excluding carboxylic acids is 1. The van der Waals surface area contributed by atoms with Crippen molar-refractivity contribution in [2.75, 3.05) is 5.75 Å². The van der Waals surface area contributed by atoms with Crippen LogP contribution in [0.5, 0.6) is 0 Å². The van der Waals surface area contributed by atoms with Gasteiger partial charge in [-0.15, -0.1) is 23.1 Å². The third kappa shape index (κ3) is 4.46. The molecule has 3 rings (SSSR count). The molecular weight excluding hydrogens is 410 g/mol. The van der Waals surface area contributed by atoms with Gasteiger partial charge in [0, 0.05) is 34.4 Å². The van der Waals surface area contributed by atoms with Crippen molar-refractivity contribution >= 4 is 49.9 Å². The Bertz CT molecular complexity index is 923. The molecule has 0 bridgehead atoms. The van der Waals surface area contributed by atoms with E-state index in [0.29, 0.717) is 28.7 Å². The Morgan fingerprint density at radius 1 is 1.38 bits per heavy atom. The zero-order valence-electron chi connectivity index (χ0n) is 12.6. The first-order valence-corrected chi connectivity index (χ1v) is 9.99. The molecule has 8 heteroatoms.